The fraction of sp³-hybridized carbons (Fsp3) is 0.333. The number of alkyl halides is 3. The van der Waals surface area contributed by atoms with Gasteiger partial charge >= 0.3 is 6.18 Å². The molecule has 1 atom stereocenters. The van der Waals surface area contributed by atoms with E-state index in [4.69, 9.17) is 23.2 Å². The van der Waals surface area contributed by atoms with E-state index in [-0.39, 0.29) is 22.0 Å². The topological polar surface area (TPSA) is 12.0 Å². The number of thioether (sulfide) groups is 1. The predicted molar refractivity (Wildman–Crippen MR) is 126 cm³/mol. The minimum absolute atomic E-state index is 0.0680. The first kappa shape index (κ1) is 24.1. The van der Waals surface area contributed by atoms with Crippen LogP contribution in [0.15, 0.2) is 54.1 Å². The van der Waals surface area contributed by atoms with Crippen LogP contribution in [0.3, 0.4) is 0 Å². The Morgan fingerprint density at radius 1 is 1.16 bits per heavy atom. The summed E-state index contributed by atoms with van der Waals surface area (Å²) in [6.45, 7) is 10.7. The lowest BCUT2D eigenvalue weighted by Crippen LogP contribution is -2.37. The molecule has 7 heteroatoms. The largest absolute Gasteiger partial charge is 0.407 e. The zero-order valence-electron chi connectivity index (χ0n) is 17.5. The van der Waals surface area contributed by atoms with Gasteiger partial charge in [-0.3, -0.25) is 0 Å². The molecule has 2 aromatic carbocycles. The number of aryl methyl sites for hydroxylation is 1. The summed E-state index contributed by atoms with van der Waals surface area (Å²) >= 11 is 12.8. The molecule has 0 saturated carbocycles. The third-order valence-corrected chi connectivity index (χ3v) is 7.40. The highest BCUT2D eigenvalue weighted by molar-refractivity contribution is 8.03. The van der Waals surface area contributed by atoms with Gasteiger partial charge in [0.25, 0.3) is 0 Å². The van der Waals surface area contributed by atoms with E-state index in [1.807, 2.05) is 25.1 Å². The molecule has 3 rings (SSSR count). The van der Waals surface area contributed by atoms with E-state index in [0.717, 1.165) is 34.1 Å². The van der Waals surface area contributed by atoms with Gasteiger partial charge in [-0.15, -0.1) is 11.8 Å². The molecular weight excluding hydrogens is 462 g/mol. The number of hydrogen-bond acceptors (Lipinski definition) is 2. The highest BCUT2D eigenvalue weighted by Gasteiger charge is 2.58. The summed E-state index contributed by atoms with van der Waals surface area (Å²) < 4.78 is 40.7. The molecule has 1 aliphatic rings. The maximum absolute atomic E-state index is 14.3. The number of benzene rings is 2. The van der Waals surface area contributed by atoms with Crippen molar-refractivity contribution in [1.29, 1.82) is 0 Å². The second-order valence-corrected chi connectivity index (χ2v) is 10.1. The Hall–Kier alpha value is -1.56. The summed E-state index contributed by atoms with van der Waals surface area (Å²) in [7, 11) is 0. The molecular formula is C24H24Cl2F3NS. The van der Waals surface area contributed by atoms with E-state index in [9.17, 15) is 13.2 Å². The normalized spacial score (nSPS) is 18.9. The summed E-state index contributed by atoms with van der Waals surface area (Å²) in [5.41, 5.74) is 4.55. The van der Waals surface area contributed by atoms with Crippen LogP contribution in [0.4, 0.5) is 13.2 Å². The van der Waals surface area contributed by atoms with E-state index in [0.29, 0.717) is 18.0 Å². The van der Waals surface area contributed by atoms with Crippen molar-refractivity contribution in [3.8, 4) is 0 Å². The molecule has 0 radical (unpaired) electrons. The Labute approximate surface area is 195 Å². The highest BCUT2D eigenvalue weighted by atomic mass is 35.5. The summed E-state index contributed by atoms with van der Waals surface area (Å²) in [4.78, 5) is 0. The fourth-order valence-electron chi connectivity index (χ4n) is 3.49. The average molecular weight is 486 g/mol. The number of rotatable bonds is 6. The van der Waals surface area contributed by atoms with Crippen molar-refractivity contribution in [2.75, 3.05) is 0 Å². The van der Waals surface area contributed by atoms with Crippen LogP contribution >= 0.6 is 35.0 Å². The van der Waals surface area contributed by atoms with Crippen LogP contribution in [0.1, 0.15) is 42.5 Å². The highest BCUT2D eigenvalue weighted by Crippen LogP contribution is 2.60. The van der Waals surface area contributed by atoms with Gasteiger partial charge in [0, 0.05) is 28.7 Å². The number of allylic oxidation sites excluding steroid dienone is 2. The Balaban J connectivity index is 1.87. The van der Waals surface area contributed by atoms with Crippen LogP contribution in [0.5, 0.6) is 0 Å². The van der Waals surface area contributed by atoms with E-state index in [1.54, 1.807) is 5.41 Å². The van der Waals surface area contributed by atoms with Gasteiger partial charge in [0.2, 0.25) is 0 Å². The Kier molecular flexibility index (Phi) is 7.09. The van der Waals surface area contributed by atoms with Crippen molar-refractivity contribution in [3.63, 3.8) is 0 Å². The number of halogens is 5. The first-order valence-corrected chi connectivity index (χ1v) is 11.5. The van der Waals surface area contributed by atoms with Crippen LogP contribution in [0.2, 0.25) is 10.0 Å². The quantitative estimate of drug-likeness (QED) is 0.439. The lowest BCUT2D eigenvalue weighted by molar-refractivity contribution is -0.160. The van der Waals surface area contributed by atoms with Crippen LogP contribution in [-0.2, 0) is 11.3 Å². The average Bonchev–Trinajstić information content (AvgIpc) is 3.12. The van der Waals surface area contributed by atoms with E-state index in [2.05, 4.69) is 25.7 Å². The van der Waals surface area contributed by atoms with Gasteiger partial charge in [-0.2, -0.15) is 13.2 Å². The first-order valence-electron chi connectivity index (χ1n) is 9.85. The smallest absolute Gasteiger partial charge is 0.385 e. The molecule has 1 unspecified atom stereocenters. The Bertz CT molecular complexity index is 1010. The van der Waals surface area contributed by atoms with Crippen molar-refractivity contribution in [1.82, 2.24) is 5.32 Å². The Morgan fingerprint density at radius 3 is 2.35 bits per heavy atom. The molecule has 2 aromatic rings. The van der Waals surface area contributed by atoms with Crippen LogP contribution in [-0.4, -0.2) is 6.18 Å². The van der Waals surface area contributed by atoms with Crippen molar-refractivity contribution in [3.05, 3.63) is 86.4 Å². The van der Waals surface area contributed by atoms with Gasteiger partial charge in [-0.1, -0.05) is 61.8 Å². The van der Waals surface area contributed by atoms with Crippen LogP contribution in [0.25, 0.3) is 5.57 Å². The first-order chi connectivity index (χ1) is 14.4. The second kappa shape index (κ2) is 9.13. The van der Waals surface area contributed by atoms with Gasteiger partial charge in [-0.25, -0.2) is 0 Å². The van der Waals surface area contributed by atoms with E-state index in [1.165, 1.54) is 18.2 Å². The van der Waals surface area contributed by atoms with Crippen molar-refractivity contribution >= 4 is 40.5 Å². The van der Waals surface area contributed by atoms with Crippen molar-refractivity contribution < 1.29 is 13.2 Å². The molecule has 1 heterocycles. The lowest BCUT2D eigenvalue weighted by atomic mass is 9.88. The van der Waals surface area contributed by atoms with Crippen LogP contribution < -0.4 is 5.32 Å². The maximum Gasteiger partial charge on any atom is 0.407 e. The van der Waals surface area contributed by atoms with E-state index < -0.39 is 10.9 Å². The standard InChI is InChI=1S/C24H24Cl2F3NS/c1-14(2)16(4)30-12-18-6-5-17(7-15(18)3)19-11-23(31-13-19,24(27,28)29)20-8-21(25)10-22(26)9-20/h5-10,13-14,30H,4,11-12H2,1-3H3. The Morgan fingerprint density at radius 2 is 1.81 bits per heavy atom. The number of nitrogens with one attached hydrogen (secondary N) is 1. The molecule has 0 aromatic heterocycles. The monoisotopic (exact) mass is 485 g/mol. The summed E-state index contributed by atoms with van der Waals surface area (Å²) in [5, 5.41) is 5.29. The lowest BCUT2D eigenvalue weighted by Gasteiger charge is -2.32. The summed E-state index contributed by atoms with van der Waals surface area (Å²) in [6.07, 6.45) is -4.65. The second-order valence-electron chi connectivity index (χ2n) is 8.10. The summed E-state index contributed by atoms with van der Waals surface area (Å²) in [5.74, 6) is 0.329. The predicted octanol–water partition coefficient (Wildman–Crippen LogP) is 8.50. The molecule has 0 saturated heterocycles. The molecule has 0 amide bonds. The van der Waals surface area contributed by atoms with Gasteiger partial charge < -0.3 is 5.32 Å². The van der Waals surface area contributed by atoms with Gasteiger partial charge in [0.1, 0.15) is 4.75 Å². The minimum atomic E-state index is -4.47. The minimum Gasteiger partial charge on any atom is -0.385 e. The molecule has 1 N–H and O–H groups in total. The molecule has 1 aliphatic heterocycles. The SMILES string of the molecule is C=C(NCc1ccc(C2=CSC(c3cc(Cl)cc(Cl)c3)(C(F)(F)F)C2)cc1C)C(C)C. The number of hydrogen-bond donors (Lipinski definition) is 1. The third kappa shape index (κ3) is 5.10. The molecule has 0 spiro atoms. The molecule has 0 fully saturated rings. The third-order valence-electron chi connectivity index (χ3n) is 5.54. The van der Waals surface area contributed by atoms with Crippen LogP contribution in [0, 0.1) is 12.8 Å². The molecule has 0 bridgehead atoms. The van der Waals surface area contributed by atoms with Gasteiger partial charge in [0.15, 0.2) is 0 Å². The van der Waals surface area contributed by atoms with Crippen molar-refractivity contribution in [2.45, 2.75) is 44.7 Å². The molecule has 31 heavy (non-hydrogen) atoms. The van der Waals surface area contributed by atoms with E-state index >= 15 is 0 Å². The zero-order chi connectivity index (χ0) is 23.0. The zero-order valence-corrected chi connectivity index (χ0v) is 19.9. The summed E-state index contributed by atoms with van der Waals surface area (Å²) in [6, 6.07) is 9.93. The van der Waals surface area contributed by atoms with Gasteiger partial charge in [0.05, 0.1) is 0 Å². The molecule has 166 valence electrons. The molecule has 0 aliphatic carbocycles. The van der Waals surface area contributed by atoms with Gasteiger partial charge in [-0.05, 0) is 64.3 Å². The maximum atomic E-state index is 14.3. The molecule has 1 nitrogen and oxygen atoms in total. The fourth-order valence-corrected chi connectivity index (χ4v) is 5.20. The van der Waals surface area contributed by atoms with Crippen molar-refractivity contribution in [2.24, 2.45) is 5.92 Å².